The number of nitrogens with zero attached hydrogens (tertiary/aromatic N) is 2. The summed E-state index contributed by atoms with van der Waals surface area (Å²) < 4.78 is 7.66. The lowest BCUT2D eigenvalue weighted by molar-refractivity contribution is 0.0699. The van der Waals surface area contributed by atoms with Crippen LogP contribution in [0.15, 0.2) is 6.07 Å². The highest BCUT2D eigenvalue weighted by molar-refractivity contribution is 14.1. The van der Waals surface area contributed by atoms with Crippen LogP contribution < -0.4 is 11.1 Å². The fourth-order valence-corrected chi connectivity index (χ4v) is 3.97. The van der Waals surface area contributed by atoms with E-state index in [-0.39, 0.29) is 0 Å². The number of thiophene rings is 1. The number of fused-ring (bicyclic) bond motifs is 1. The van der Waals surface area contributed by atoms with Crippen LogP contribution in [-0.2, 0) is 4.74 Å². The molecule has 0 radical (unpaired) electrons. The molecule has 3 N–H and O–H groups in total. The van der Waals surface area contributed by atoms with Crippen LogP contribution in [0.2, 0.25) is 0 Å². The average Bonchev–Trinajstić information content (AvgIpc) is 2.77. The molecular weight excluding hydrogens is 375 g/mol. The van der Waals surface area contributed by atoms with Gasteiger partial charge in [-0.05, 0) is 47.4 Å². The van der Waals surface area contributed by atoms with Crippen molar-refractivity contribution in [3.05, 3.63) is 8.95 Å². The summed E-state index contributed by atoms with van der Waals surface area (Å²) in [5.74, 6) is 1.84. The van der Waals surface area contributed by atoms with Crippen LogP contribution in [0.4, 0.5) is 11.8 Å². The van der Waals surface area contributed by atoms with E-state index in [9.17, 15) is 0 Å². The molecule has 1 fully saturated rings. The third-order valence-electron chi connectivity index (χ3n) is 3.26. The van der Waals surface area contributed by atoms with E-state index in [2.05, 4.69) is 37.9 Å². The highest BCUT2D eigenvalue weighted by Crippen LogP contribution is 2.31. The molecule has 2 aromatic rings. The number of hydrogen-bond acceptors (Lipinski definition) is 6. The van der Waals surface area contributed by atoms with Crippen molar-refractivity contribution in [3.8, 4) is 0 Å². The fourth-order valence-electron chi connectivity index (χ4n) is 2.23. The lowest BCUT2D eigenvalue weighted by Crippen LogP contribution is -2.23. The quantitative estimate of drug-likeness (QED) is 0.789. The summed E-state index contributed by atoms with van der Waals surface area (Å²) in [6.07, 6.45) is 2.22. The number of hydrogen-bond donors (Lipinski definition) is 2. The Morgan fingerprint density at radius 2 is 2.21 bits per heavy atom. The van der Waals surface area contributed by atoms with Crippen molar-refractivity contribution in [2.45, 2.75) is 12.8 Å². The Labute approximate surface area is 129 Å². The molecule has 0 saturated carbocycles. The van der Waals surface area contributed by atoms with E-state index in [1.165, 1.54) is 2.88 Å². The fraction of sp³-hybridized carbons (Fsp3) is 0.500. The predicted octanol–water partition coefficient (Wildman–Crippen LogP) is 2.72. The van der Waals surface area contributed by atoms with Crippen LogP contribution in [0, 0.1) is 8.80 Å². The minimum Gasteiger partial charge on any atom is -0.381 e. The molecule has 0 aromatic carbocycles. The Kier molecular flexibility index (Phi) is 4.04. The number of nitrogens with two attached hydrogens (primary N) is 1. The average molecular weight is 390 g/mol. The normalized spacial score (nSPS) is 16.9. The first-order valence-corrected chi connectivity index (χ1v) is 8.16. The second-order valence-corrected chi connectivity index (χ2v) is 7.58. The van der Waals surface area contributed by atoms with Crippen molar-refractivity contribution < 1.29 is 4.74 Å². The standard InChI is InChI=1S/C12H15IN4OS/c13-9-5-8-10(19-9)11(17-12(14)16-8)15-6-7-1-3-18-4-2-7/h5,7H,1-4,6H2,(H3,14,15,16,17). The van der Waals surface area contributed by atoms with Gasteiger partial charge in [-0.15, -0.1) is 11.3 Å². The Balaban J connectivity index is 1.79. The molecule has 7 heteroatoms. The van der Waals surface area contributed by atoms with Crippen molar-refractivity contribution in [1.82, 2.24) is 9.97 Å². The van der Waals surface area contributed by atoms with E-state index in [1.54, 1.807) is 11.3 Å². The molecular formula is C12H15IN4OS. The molecule has 102 valence electrons. The zero-order valence-electron chi connectivity index (χ0n) is 10.4. The van der Waals surface area contributed by atoms with Crippen LogP contribution in [0.25, 0.3) is 10.2 Å². The Morgan fingerprint density at radius 3 is 3.00 bits per heavy atom. The van der Waals surface area contributed by atoms with Gasteiger partial charge in [0.05, 0.1) is 13.1 Å². The number of nitrogen functional groups attached to an aromatic ring is 1. The second kappa shape index (κ2) is 5.76. The minimum absolute atomic E-state index is 0.330. The van der Waals surface area contributed by atoms with Crippen LogP contribution in [0.1, 0.15) is 12.8 Å². The molecule has 2 aromatic heterocycles. The number of rotatable bonds is 3. The summed E-state index contributed by atoms with van der Waals surface area (Å²) in [6, 6.07) is 2.04. The first-order chi connectivity index (χ1) is 9.22. The van der Waals surface area contributed by atoms with Crippen LogP contribution in [0.5, 0.6) is 0 Å². The van der Waals surface area contributed by atoms with Gasteiger partial charge in [0.25, 0.3) is 0 Å². The number of anilines is 2. The topological polar surface area (TPSA) is 73.1 Å². The summed E-state index contributed by atoms with van der Waals surface area (Å²) in [6.45, 7) is 2.65. The maximum atomic E-state index is 5.76. The highest BCUT2D eigenvalue weighted by Gasteiger charge is 2.15. The van der Waals surface area contributed by atoms with Crippen molar-refractivity contribution in [2.75, 3.05) is 30.8 Å². The van der Waals surface area contributed by atoms with E-state index < -0.39 is 0 Å². The van der Waals surface area contributed by atoms with Crippen LogP contribution in [0.3, 0.4) is 0 Å². The van der Waals surface area contributed by atoms with Crippen molar-refractivity contribution >= 4 is 55.9 Å². The molecule has 0 spiro atoms. The number of halogens is 1. The van der Waals surface area contributed by atoms with Crippen LogP contribution >= 0.6 is 33.9 Å². The van der Waals surface area contributed by atoms with Gasteiger partial charge in [0.1, 0.15) is 5.82 Å². The summed E-state index contributed by atoms with van der Waals surface area (Å²) in [7, 11) is 0. The molecule has 0 amide bonds. The summed E-state index contributed by atoms with van der Waals surface area (Å²) in [4.78, 5) is 8.59. The largest absolute Gasteiger partial charge is 0.381 e. The lowest BCUT2D eigenvalue weighted by atomic mass is 10.0. The van der Waals surface area contributed by atoms with E-state index in [0.717, 1.165) is 48.6 Å². The maximum Gasteiger partial charge on any atom is 0.222 e. The summed E-state index contributed by atoms with van der Waals surface area (Å²) in [5.41, 5.74) is 6.69. The van der Waals surface area contributed by atoms with Crippen molar-refractivity contribution in [3.63, 3.8) is 0 Å². The monoisotopic (exact) mass is 390 g/mol. The smallest absolute Gasteiger partial charge is 0.222 e. The van der Waals surface area contributed by atoms with Gasteiger partial charge in [-0.3, -0.25) is 0 Å². The third-order valence-corrected chi connectivity index (χ3v) is 5.15. The van der Waals surface area contributed by atoms with E-state index in [1.807, 2.05) is 6.07 Å². The maximum absolute atomic E-state index is 5.76. The molecule has 5 nitrogen and oxygen atoms in total. The minimum atomic E-state index is 0.330. The van der Waals surface area contributed by atoms with Crippen LogP contribution in [-0.4, -0.2) is 29.7 Å². The van der Waals surface area contributed by atoms with E-state index >= 15 is 0 Å². The second-order valence-electron chi connectivity index (χ2n) is 4.63. The van der Waals surface area contributed by atoms with Gasteiger partial charge in [0.2, 0.25) is 5.95 Å². The highest BCUT2D eigenvalue weighted by atomic mass is 127. The number of nitrogens with one attached hydrogen (secondary N) is 1. The summed E-state index contributed by atoms with van der Waals surface area (Å²) >= 11 is 3.99. The molecule has 0 bridgehead atoms. The van der Waals surface area contributed by atoms with Gasteiger partial charge >= 0.3 is 0 Å². The first kappa shape index (κ1) is 13.3. The van der Waals surface area contributed by atoms with E-state index in [4.69, 9.17) is 10.5 Å². The molecule has 3 rings (SSSR count). The Bertz CT molecular complexity index is 582. The van der Waals surface area contributed by atoms with Gasteiger partial charge in [-0.25, -0.2) is 4.98 Å². The predicted molar refractivity (Wildman–Crippen MR) is 86.6 cm³/mol. The Morgan fingerprint density at radius 1 is 1.42 bits per heavy atom. The number of ether oxygens (including phenoxy) is 1. The molecule has 1 aliphatic heterocycles. The van der Waals surface area contributed by atoms with Gasteiger partial charge in [0.15, 0.2) is 0 Å². The van der Waals surface area contributed by atoms with Gasteiger partial charge < -0.3 is 15.8 Å². The molecule has 19 heavy (non-hydrogen) atoms. The third kappa shape index (κ3) is 3.09. The zero-order chi connectivity index (χ0) is 13.2. The van der Waals surface area contributed by atoms with Crippen molar-refractivity contribution in [1.29, 1.82) is 0 Å². The molecule has 1 saturated heterocycles. The molecule has 3 heterocycles. The van der Waals surface area contributed by atoms with Gasteiger partial charge in [0, 0.05) is 19.8 Å². The first-order valence-electron chi connectivity index (χ1n) is 6.26. The Hall–Kier alpha value is -0.670. The lowest BCUT2D eigenvalue weighted by Gasteiger charge is -2.22. The molecule has 0 unspecified atom stereocenters. The number of aromatic nitrogens is 2. The zero-order valence-corrected chi connectivity index (χ0v) is 13.3. The molecule has 0 aliphatic carbocycles. The SMILES string of the molecule is Nc1nc(NCC2CCOCC2)c2sc(I)cc2n1. The molecule has 0 atom stereocenters. The summed E-state index contributed by atoms with van der Waals surface area (Å²) in [5, 5.41) is 3.43. The van der Waals surface area contributed by atoms with Gasteiger partial charge in [-0.1, -0.05) is 0 Å². The van der Waals surface area contributed by atoms with Gasteiger partial charge in [-0.2, -0.15) is 4.98 Å². The van der Waals surface area contributed by atoms with Crippen molar-refractivity contribution in [2.24, 2.45) is 5.92 Å². The van der Waals surface area contributed by atoms with E-state index in [0.29, 0.717) is 11.9 Å². The molecule has 1 aliphatic rings.